The number of hydrogen-bond acceptors (Lipinski definition) is 5. The highest BCUT2D eigenvalue weighted by atomic mass is 32.1. The maximum Gasteiger partial charge on any atom is 0.261 e. The summed E-state index contributed by atoms with van der Waals surface area (Å²) in [6, 6.07) is 1.81. The van der Waals surface area contributed by atoms with Gasteiger partial charge < -0.3 is 14.9 Å². The van der Waals surface area contributed by atoms with Crippen molar-refractivity contribution in [3.8, 4) is 0 Å². The molecule has 1 aliphatic heterocycles. The van der Waals surface area contributed by atoms with E-state index in [9.17, 15) is 9.90 Å². The number of allylic oxidation sites excluding steroid dienone is 3. The van der Waals surface area contributed by atoms with Crippen molar-refractivity contribution in [2.75, 3.05) is 0 Å². The standard InChI is InChI=1S/C17H16N2O3S/c1-9-15(10(2)22-19-9)11-3-4-14-13(7-11)17(21,16(20)18-14)12-5-6-23-8-12/h3-6,8,13,21H,7H2,1-2H3,(H,18,20). The zero-order valence-electron chi connectivity index (χ0n) is 12.8. The molecule has 1 fully saturated rings. The molecule has 118 valence electrons. The normalized spacial score (nSPS) is 26.6. The SMILES string of the molecule is Cc1noc(C)c1C1=CC=C2NC(=O)C(O)(c3ccsc3)C2C1. The van der Waals surface area contributed by atoms with Crippen LogP contribution < -0.4 is 5.32 Å². The fourth-order valence-corrected chi connectivity index (χ4v) is 4.24. The molecule has 6 heteroatoms. The third-order valence-electron chi connectivity index (χ3n) is 4.69. The Morgan fingerprint density at radius 1 is 1.43 bits per heavy atom. The molecule has 5 nitrogen and oxygen atoms in total. The highest BCUT2D eigenvalue weighted by molar-refractivity contribution is 7.08. The van der Waals surface area contributed by atoms with Gasteiger partial charge in [0.05, 0.1) is 5.69 Å². The van der Waals surface area contributed by atoms with Gasteiger partial charge in [0.2, 0.25) is 0 Å². The molecular formula is C17H16N2O3S. The molecule has 1 aliphatic carbocycles. The van der Waals surface area contributed by atoms with Crippen LogP contribution in [-0.4, -0.2) is 16.2 Å². The summed E-state index contributed by atoms with van der Waals surface area (Å²) in [6.45, 7) is 3.77. The van der Waals surface area contributed by atoms with Crippen LogP contribution in [-0.2, 0) is 10.4 Å². The first-order chi connectivity index (χ1) is 11.0. The van der Waals surface area contributed by atoms with Gasteiger partial charge in [-0.2, -0.15) is 11.3 Å². The van der Waals surface area contributed by atoms with E-state index in [0.29, 0.717) is 12.0 Å². The maximum absolute atomic E-state index is 12.4. The van der Waals surface area contributed by atoms with E-state index in [1.54, 1.807) is 6.07 Å². The minimum absolute atomic E-state index is 0.321. The third-order valence-corrected chi connectivity index (χ3v) is 5.37. The molecule has 2 atom stereocenters. The van der Waals surface area contributed by atoms with Crippen LogP contribution in [0.4, 0.5) is 0 Å². The van der Waals surface area contributed by atoms with Gasteiger partial charge in [-0.05, 0) is 48.7 Å². The number of nitrogens with zero attached hydrogens (tertiary/aromatic N) is 1. The Balaban J connectivity index is 1.77. The molecule has 1 saturated heterocycles. The monoisotopic (exact) mass is 328 g/mol. The first-order valence-corrected chi connectivity index (χ1v) is 8.36. The quantitative estimate of drug-likeness (QED) is 0.889. The zero-order chi connectivity index (χ0) is 16.2. The smallest absolute Gasteiger partial charge is 0.261 e. The molecule has 0 spiro atoms. The molecule has 0 bridgehead atoms. The highest BCUT2D eigenvalue weighted by Gasteiger charge is 2.54. The molecule has 2 aromatic rings. The first kappa shape index (κ1) is 14.4. The average molecular weight is 328 g/mol. The van der Waals surface area contributed by atoms with E-state index in [1.165, 1.54) is 11.3 Å². The van der Waals surface area contributed by atoms with Crippen LogP contribution in [0.15, 0.2) is 39.2 Å². The Kier molecular flexibility index (Phi) is 3.08. The maximum atomic E-state index is 12.4. The lowest BCUT2D eigenvalue weighted by molar-refractivity contribution is -0.139. The third kappa shape index (κ3) is 1.95. The second kappa shape index (κ2) is 4.91. The van der Waals surface area contributed by atoms with Crippen molar-refractivity contribution in [2.45, 2.75) is 25.9 Å². The first-order valence-electron chi connectivity index (χ1n) is 7.42. The molecule has 2 unspecified atom stereocenters. The molecule has 2 N–H and O–H groups in total. The fraction of sp³-hybridized carbons (Fsp3) is 0.294. The summed E-state index contributed by atoms with van der Waals surface area (Å²) < 4.78 is 5.25. The summed E-state index contributed by atoms with van der Waals surface area (Å²) in [7, 11) is 0. The molecule has 4 rings (SSSR count). The molecule has 0 aromatic carbocycles. The topological polar surface area (TPSA) is 75.4 Å². The van der Waals surface area contributed by atoms with Crippen LogP contribution in [0.5, 0.6) is 0 Å². The van der Waals surface area contributed by atoms with E-state index in [0.717, 1.165) is 28.3 Å². The van der Waals surface area contributed by atoms with Crippen molar-refractivity contribution >= 4 is 22.8 Å². The summed E-state index contributed by atoms with van der Waals surface area (Å²) >= 11 is 1.47. The van der Waals surface area contributed by atoms with Crippen LogP contribution in [0, 0.1) is 19.8 Å². The number of aromatic nitrogens is 1. The van der Waals surface area contributed by atoms with Gasteiger partial charge in [0, 0.05) is 22.7 Å². The van der Waals surface area contributed by atoms with Gasteiger partial charge in [-0.1, -0.05) is 11.2 Å². The number of carbonyl (C=O) groups is 1. The van der Waals surface area contributed by atoms with E-state index in [4.69, 9.17) is 4.52 Å². The van der Waals surface area contributed by atoms with E-state index >= 15 is 0 Å². The largest absolute Gasteiger partial charge is 0.375 e. The van der Waals surface area contributed by atoms with E-state index in [1.807, 2.05) is 36.8 Å². The summed E-state index contributed by atoms with van der Waals surface area (Å²) in [5.41, 5.74) is 2.70. The van der Waals surface area contributed by atoms with E-state index in [2.05, 4.69) is 10.5 Å². The molecule has 2 aliphatic rings. The van der Waals surface area contributed by atoms with Gasteiger partial charge in [0.1, 0.15) is 5.76 Å². The molecule has 0 radical (unpaired) electrons. The second-order valence-electron chi connectivity index (χ2n) is 6.00. The number of aryl methyl sites for hydroxylation is 2. The van der Waals surface area contributed by atoms with Gasteiger partial charge in [-0.15, -0.1) is 0 Å². The summed E-state index contributed by atoms with van der Waals surface area (Å²) in [5, 5.41) is 21.7. The molecule has 3 heterocycles. The number of carbonyl (C=O) groups excluding carboxylic acids is 1. The fourth-order valence-electron chi connectivity index (χ4n) is 3.53. The lowest BCUT2D eigenvalue weighted by atomic mass is 9.76. The number of fused-ring (bicyclic) bond motifs is 1. The van der Waals surface area contributed by atoms with Crippen LogP contribution in [0.1, 0.15) is 29.0 Å². The van der Waals surface area contributed by atoms with Crippen LogP contribution >= 0.6 is 11.3 Å². The minimum Gasteiger partial charge on any atom is -0.375 e. The van der Waals surface area contributed by atoms with Gasteiger partial charge in [0.15, 0.2) is 5.60 Å². The van der Waals surface area contributed by atoms with Crippen molar-refractivity contribution in [1.29, 1.82) is 0 Å². The van der Waals surface area contributed by atoms with Crippen molar-refractivity contribution in [1.82, 2.24) is 10.5 Å². The van der Waals surface area contributed by atoms with Crippen molar-refractivity contribution in [2.24, 2.45) is 5.92 Å². The number of amides is 1. The summed E-state index contributed by atoms with van der Waals surface area (Å²) in [5.74, 6) is 0.0702. The molecule has 1 amide bonds. The number of nitrogens with one attached hydrogen (secondary N) is 1. The Hall–Kier alpha value is -2.18. The molecule has 2 aromatic heterocycles. The van der Waals surface area contributed by atoms with Crippen LogP contribution in [0.2, 0.25) is 0 Å². The van der Waals surface area contributed by atoms with Crippen molar-refractivity contribution in [3.05, 3.63) is 57.3 Å². The summed E-state index contributed by atoms with van der Waals surface area (Å²) in [4.78, 5) is 12.4. The second-order valence-corrected chi connectivity index (χ2v) is 6.78. The lowest BCUT2D eigenvalue weighted by Crippen LogP contribution is -2.39. The minimum atomic E-state index is -1.52. The highest BCUT2D eigenvalue weighted by Crippen LogP contribution is 2.47. The van der Waals surface area contributed by atoms with Gasteiger partial charge in [0.25, 0.3) is 5.91 Å². The number of aliphatic hydroxyl groups is 1. The van der Waals surface area contributed by atoms with E-state index < -0.39 is 5.60 Å². The Morgan fingerprint density at radius 2 is 2.26 bits per heavy atom. The molecule has 0 saturated carbocycles. The molecular weight excluding hydrogens is 312 g/mol. The average Bonchev–Trinajstić information content (AvgIpc) is 3.22. The van der Waals surface area contributed by atoms with Crippen LogP contribution in [0.3, 0.4) is 0 Å². The zero-order valence-corrected chi connectivity index (χ0v) is 13.6. The van der Waals surface area contributed by atoms with E-state index in [-0.39, 0.29) is 11.8 Å². The van der Waals surface area contributed by atoms with Crippen LogP contribution in [0.25, 0.3) is 5.57 Å². The Labute approximate surface area is 137 Å². The van der Waals surface area contributed by atoms with Gasteiger partial charge >= 0.3 is 0 Å². The van der Waals surface area contributed by atoms with Gasteiger partial charge in [-0.3, -0.25) is 4.79 Å². The lowest BCUT2D eigenvalue weighted by Gasteiger charge is -2.29. The van der Waals surface area contributed by atoms with Gasteiger partial charge in [-0.25, -0.2) is 0 Å². The predicted octanol–water partition coefficient (Wildman–Crippen LogP) is 2.66. The van der Waals surface area contributed by atoms with Crippen molar-refractivity contribution < 1.29 is 14.4 Å². The summed E-state index contributed by atoms with van der Waals surface area (Å²) in [6.07, 6.45) is 4.40. The number of rotatable bonds is 2. The number of hydrogen-bond donors (Lipinski definition) is 2. The number of thiophene rings is 1. The Bertz CT molecular complexity index is 828. The predicted molar refractivity (Wildman–Crippen MR) is 86.5 cm³/mol. The molecule has 23 heavy (non-hydrogen) atoms. The Morgan fingerprint density at radius 3 is 2.91 bits per heavy atom. The van der Waals surface area contributed by atoms with Crippen molar-refractivity contribution in [3.63, 3.8) is 0 Å².